The Balaban J connectivity index is 1.70. The normalized spacial score (nSPS) is 24.1. The summed E-state index contributed by atoms with van der Waals surface area (Å²) in [4.78, 5) is 14.8. The molecule has 1 aliphatic heterocycles. The third kappa shape index (κ3) is 2.67. The van der Waals surface area contributed by atoms with Crippen LogP contribution in [-0.4, -0.2) is 30.9 Å². The Hall–Kier alpha value is -1.35. The minimum absolute atomic E-state index is 0.146. The van der Waals surface area contributed by atoms with E-state index in [9.17, 15) is 4.79 Å². The number of rotatable bonds is 3. The number of benzene rings is 1. The molecule has 120 valence electrons. The first kappa shape index (κ1) is 15.5. The minimum atomic E-state index is 0.146. The Morgan fingerprint density at radius 2 is 2.00 bits per heavy atom. The lowest BCUT2D eigenvalue weighted by molar-refractivity contribution is -0.134. The largest absolute Gasteiger partial charge is 0.339 e. The van der Waals surface area contributed by atoms with Gasteiger partial charge in [0.1, 0.15) is 0 Å². The average molecular weight is 300 g/mol. The van der Waals surface area contributed by atoms with E-state index in [0.29, 0.717) is 11.3 Å². The number of carbonyl (C=O) groups excluding carboxylic acids is 1. The van der Waals surface area contributed by atoms with Crippen molar-refractivity contribution in [2.45, 2.75) is 46.1 Å². The standard InChI is InChI=1S/C19H28N2O/c1-13-5-6-16(14(2)11-13)15(3)21(4)18(22)17-12-19(17)7-9-20-10-8-19/h5-6,11,15,17,20H,7-10,12H2,1-4H3. The zero-order valence-electron chi connectivity index (χ0n) is 14.3. The number of carbonyl (C=O) groups is 1. The van der Waals surface area contributed by atoms with Crippen molar-refractivity contribution in [1.29, 1.82) is 0 Å². The van der Waals surface area contributed by atoms with E-state index in [0.717, 1.165) is 32.4 Å². The molecular weight excluding hydrogens is 272 g/mol. The number of nitrogens with zero attached hydrogens (tertiary/aromatic N) is 1. The van der Waals surface area contributed by atoms with Crippen LogP contribution in [0.15, 0.2) is 18.2 Å². The highest BCUT2D eigenvalue weighted by molar-refractivity contribution is 5.83. The zero-order chi connectivity index (χ0) is 15.9. The average Bonchev–Trinajstić information content (AvgIpc) is 3.19. The van der Waals surface area contributed by atoms with E-state index in [1.54, 1.807) is 0 Å². The molecule has 0 radical (unpaired) electrons. The Kier molecular flexibility index (Phi) is 4.02. The molecule has 2 fully saturated rings. The third-order valence-electron chi connectivity index (χ3n) is 5.89. The molecule has 2 unspecified atom stereocenters. The highest BCUT2D eigenvalue weighted by Crippen LogP contribution is 2.59. The van der Waals surface area contributed by atoms with Crippen LogP contribution in [0.5, 0.6) is 0 Å². The first-order valence-electron chi connectivity index (χ1n) is 8.49. The quantitative estimate of drug-likeness (QED) is 0.929. The van der Waals surface area contributed by atoms with Gasteiger partial charge in [0, 0.05) is 13.0 Å². The van der Waals surface area contributed by atoms with E-state index in [1.807, 2.05) is 11.9 Å². The smallest absolute Gasteiger partial charge is 0.226 e. The predicted molar refractivity (Wildman–Crippen MR) is 89.7 cm³/mol. The van der Waals surface area contributed by atoms with Crippen molar-refractivity contribution in [1.82, 2.24) is 10.2 Å². The highest BCUT2D eigenvalue weighted by atomic mass is 16.2. The maximum absolute atomic E-state index is 12.9. The van der Waals surface area contributed by atoms with Gasteiger partial charge in [-0.25, -0.2) is 0 Å². The van der Waals surface area contributed by atoms with Crippen molar-refractivity contribution in [3.05, 3.63) is 34.9 Å². The fourth-order valence-electron chi connectivity index (χ4n) is 4.11. The van der Waals surface area contributed by atoms with Gasteiger partial charge in [-0.15, -0.1) is 0 Å². The van der Waals surface area contributed by atoms with Crippen molar-refractivity contribution in [3.63, 3.8) is 0 Å². The fraction of sp³-hybridized carbons (Fsp3) is 0.632. The summed E-state index contributed by atoms with van der Waals surface area (Å²) in [6.07, 6.45) is 3.42. The summed E-state index contributed by atoms with van der Waals surface area (Å²) in [5.41, 5.74) is 4.14. The van der Waals surface area contributed by atoms with Crippen LogP contribution >= 0.6 is 0 Å². The molecule has 1 aliphatic carbocycles. The maximum Gasteiger partial charge on any atom is 0.226 e. The molecule has 1 saturated heterocycles. The molecule has 2 atom stereocenters. The molecule has 0 aromatic heterocycles. The van der Waals surface area contributed by atoms with E-state index in [-0.39, 0.29) is 12.0 Å². The van der Waals surface area contributed by atoms with Crippen molar-refractivity contribution < 1.29 is 4.79 Å². The number of amides is 1. The number of hydrogen-bond donors (Lipinski definition) is 1. The monoisotopic (exact) mass is 300 g/mol. The van der Waals surface area contributed by atoms with Crippen LogP contribution in [0.1, 0.15) is 48.9 Å². The molecule has 2 aliphatic rings. The Morgan fingerprint density at radius 1 is 1.32 bits per heavy atom. The predicted octanol–water partition coefficient (Wildman–Crippen LogP) is 3.21. The van der Waals surface area contributed by atoms with Gasteiger partial charge < -0.3 is 10.2 Å². The van der Waals surface area contributed by atoms with Gasteiger partial charge in [0.05, 0.1) is 6.04 Å². The molecule has 1 aromatic rings. The molecule has 0 bridgehead atoms. The summed E-state index contributed by atoms with van der Waals surface area (Å²) in [6.45, 7) is 8.54. The minimum Gasteiger partial charge on any atom is -0.339 e. The Labute approximate surface area is 134 Å². The van der Waals surface area contributed by atoms with Gasteiger partial charge in [-0.1, -0.05) is 23.8 Å². The summed E-state index contributed by atoms with van der Waals surface area (Å²) in [6, 6.07) is 6.66. The maximum atomic E-state index is 12.9. The van der Waals surface area contributed by atoms with Crippen LogP contribution in [0.25, 0.3) is 0 Å². The van der Waals surface area contributed by atoms with Crippen LogP contribution in [0, 0.1) is 25.2 Å². The molecule has 22 heavy (non-hydrogen) atoms. The fourth-order valence-corrected chi connectivity index (χ4v) is 4.11. The SMILES string of the molecule is Cc1ccc(C(C)N(C)C(=O)C2CC23CCNCC3)c(C)c1. The molecule has 3 heteroatoms. The molecule has 1 amide bonds. The van der Waals surface area contributed by atoms with Gasteiger partial charge in [-0.3, -0.25) is 4.79 Å². The second-order valence-corrected chi connectivity index (χ2v) is 7.35. The second-order valence-electron chi connectivity index (χ2n) is 7.35. The lowest BCUT2D eigenvalue weighted by Crippen LogP contribution is -2.36. The number of aryl methyl sites for hydroxylation is 2. The van der Waals surface area contributed by atoms with Crippen molar-refractivity contribution in [3.8, 4) is 0 Å². The van der Waals surface area contributed by atoms with Gasteiger partial charge in [0.25, 0.3) is 0 Å². The summed E-state index contributed by atoms with van der Waals surface area (Å²) in [5, 5.41) is 3.41. The number of piperidine rings is 1. The van der Waals surface area contributed by atoms with E-state index in [4.69, 9.17) is 0 Å². The van der Waals surface area contributed by atoms with Crippen molar-refractivity contribution >= 4 is 5.91 Å². The van der Waals surface area contributed by atoms with Gasteiger partial charge in [-0.2, -0.15) is 0 Å². The van der Waals surface area contributed by atoms with Gasteiger partial charge in [0.15, 0.2) is 0 Å². The summed E-state index contributed by atoms with van der Waals surface area (Å²) in [7, 11) is 1.97. The van der Waals surface area contributed by atoms with Crippen molar-refractivity contribution in [2.75, 3.05) is 20.1 Å². The zero-order valence-corrected chi connectivity index (χ0v) is 14.3. The molecule has 1 saturated carbocycles. The number of nitrogens with one attached hydrogen (secondary N) is 1. The molecule has 3 rings (SSSR count). The Bertz CT molecular complexity index is 575. The van der Waals surface area contributed by atoms with Crippen molar-refractivity contribution in [2.24, 2.45) is 11.3 Å². The van der Waals surface area contributed by atoms with Gasteiger partial charge >= 0.3 is 0 Å². The van der Waals surface area contributed by atoms with Crippen LogP contribution in [0.3, 0.4) is 0 Å². The second kappa shape index (κ2) is 5.69. The molecular formula is C19H28N2O. The molecule has 1 N–H and O–H groups in total. The lowest BCUT2D eigenvalue weighted by atomic mass is 9.91. The molecule has 1 aromatic carbocycles. The molecule has 3 nitrogen and oxygen atoms in total. The van der Waals surface area contributed by atoms with E-state index in [2.05, 4.69) is 44.3 Å². The summed E-state index contributed by atoms with van der Waals surface area (Å²) in [5.74, 6) is 0.599. The van der Waals surface area contributed by atoms with Crippen LogP contribution in [-0.2, 0) is 4.79 Å². The van der Waals surface area contributed by atoms with E-state index >= 15 is 0 Å². The highest BCUT2D eigenvalue weighted by Gasteiger charge is 2.58. The van der Waals surface area contributed by atoms with Crippen LogP contribution in [0.2, 0.25) is 0 Å². The van der Waals surface area contributed by atoms with E-state index < -0.39 is 0 Å². The van der Waals surface area contributed by atoms with Gasteiger partial charge in [-0.05, 0) is 69.7 Å². The summed E-state index contributed by atoms with van der Waals surface area (Å²) >= 11 is 0. The Morgan fingerprint density at radius 3 is 2.64 bits per heavy atom. The third-order valence-corrected chi connectivity index (χ3v) is 5.89. The first-order valence-corrected chi connectivity index (χ1v) is 8.49. The molecule has 1 spiro atoms. The topological polar surface area (TPSA) is 32.3 Å². The van der Waals surface area contributed by atoms with Crippen LogP contribution < -0.4 is 5.32 Å². The lowest BCUT2D eigenvalue weighted by Gasteiger charge is -2.29. The number of hydrogen-bond acceptors (Lipinski definition) is 2. The molecule has 1 heterocycles. The van der Waals surface area contributed by atoms with Crippen LogP contribution in [0.4, 0.5) is 0 Å². The van der Waals surface area contributed by atoms with E-state index in [1.165, 1.54) is 16.7 Å². The first-order chi connectivity index (χ1) is 10.4. The van der Waals surface area contributed by atoms with Gasteiger partial charge in [0.2, 0.25) is 5.91 Å². The summed E-state index contributed by atoms with van der Waals surface area (Å²) < 4.78 is 0.